The number of aryl methyl sites for hydroxylation is 1. The fourth-order valence-electron chi connectivity index (χ4n) is 1.54. The van der Waals surface area contributed by atoms with Crippen LogP contribution in [0.25, 0.3) is 10.9 Å². The van der Waals surface area contributed by atoms with Crippen LogP contribution in [-0.2, 0) is 7.05 Å². The number of hydrogen-bond acceptors (Lipinski definition) is 3. The van der Waals surface area contributed by atoms with Crippen molar-refractivity contribution in [2.45, 2.75) is 0 Å². The van der Waals surface area contributed by atoms with Crippen molar-refractivity contribution in [3.8, 4) is 0 Å². The zero-order chi connectivity index (χ0) is 12.0. The van der Waals surface area contributed by atoms with Crippen LogP contribution in [0, 0.1) is 5.82 Å². The minimum Gasteiger partial charge on any atom is -0.478 e. The van der Waals surface area contributed by atoms with E-state index in [2.05, 4.69) is 21.0 Å². The molecule has 0 amide bonds. The Morgan fingerprint density at radius 1 is 1.69 bits per heavy atom. The number of carbonyl (C=O) groups is 1. The van der Waals surface area contributed by atoms with Crippen molar-refractivity contribution in [2.75, 3.05) is 5.73 Å². The Morgan fingerprint density at radius 2 is 2.31 bits per heavy atom. The van der Waals surface area contributed by atoms with Gasteiger partial charge in [-0.05, 0) is 15.9 Å². The van der Waals surface area contributed by atoms with Crippen LogP contribution in [0.3, 0.4) is 0 Å². The third-order valence-corrected chi connectivity index (χ3v) is 2.94. The molecule has 0 unspecified atom stereocenters. The zero-order valence-electron chi connectivity index (χ0n) is 8.16. The molecular weight excluding hydrogens is 281 g/mol. The topological polar surface area (TPSA) is 81.1 Å². The maximum absolute atomic E-state index is 13.6. The molecule has 1 aromatic carbocycles. The lowest BCUT2D eigenvalue weighted by Gasteiger charge is -2.05. The summed E-state index contributed by atoms with van der Waals surface area (Å²) >= 11 is 3.00. The van der Waals surface area contributed by atoms with Crippen molar-refractivity contribution in [2.24, 2.45) is 7.05 Å². The summed E-state index contributed by atoms with van der Waals surface area (Å²) in [6.07, 6.45) is 1.49. The summed E-state index contributed by atoms with van der Waals surface area (Å²) < 4.78 is 15.1. The van der Waals surface area contributed by atoms with E-state index >= 15 is 0 Å². The minimum absolute atomic E-state index is 0.0746. The van der Waals surface area contributed by atoms with E-state index in [0.29, 0.717) is 5.39 Å². The van der Waals surface area contributed by atoms with Crippen LogP contribution in [0.15, 0.2) is 10.7 Å². The van der Waals surface area contributed by atoms with Crippen LogP contribution in [0.5, 0.6) is 0 Å². The molecule has 0 bridgehead atoms. The predicted molar refractivity (Wildman–Crippen MR) is 59.7 cm³/mol. The molecule has 0 spiro atoms. The number of halogens is 2. The molecule has 1 heterocycles. The third kappa shape index (κ3) is 1.35. The molecule has 0 radical (unpaired) electrons. The summed E-state index contributed by atoms with van der Waals surface area (Å²) in [7, 11) is 1.62. The highest BCUT2D eigenvalue weighted by atomic mass is 79.9. The molecule has 3 N–H and O–H groups in total. The highest BCUT2D eigenvalue weighted by Gasteiger charge is 2.22. The number of aromatic nitrogens is 2. The Bertz CT molecular complexity index is 609. The Morgan fingerprint density at radius 3 is 2.88 bits per heavy atom. The first-order chi connectivity index (χ1) is 7.43. The van der Waals surface area contributed by atoms with E-state index in [1.807, 2.05) is 0 Å². The Balaban J connectivity index is 3.02. The van der Waals surface area contributed by atoms with Crippen molar-refractivity contribution >= 4 is 38.5 Å². The summed E-state index contributed by atoms with van der Waals surface area (Å²) in [4.78, 5) is 11.0. The van der Waals surface area contributed by atoms with E-state index in [9.17, 15) is 9.18 Å². The first kappa shape index (κ1) is 10.9. The fraction of sp³-hybridized carbons (Fsp3) is 0.111. The van der Waals surface area contributed by atoms with Gasteiger partial charge in [0, 0.05) is 18.6 Å². The number of carboxylic acids is 1. The van der Waals surface area contributed by atoms with Gasteiger partial charge in [0.05, 0.1) is 15.7 Å². The third-order valence-electron chi connectivity index (χ3n) is 2.22. The summed E-state index contributed by atoms with van der Waals surface area (Å²) in [5.41, 5.74) is 5.03. The van der Waals surface area contributed by atoms with E-state index in [1.54, 1.807) is 7.05 Å². The Labute approximate surface area is 97.8 Å². The molecule has 0 aliphatic heterocycles. The number of hydrogen-bond donors (Lipinski definition) is 2. The van der Waals surface area contributed by atoms with Gasteiger partial charge in [0.25, 0.3) is 0 Å². The normalized spacial score (nSPS) is 10.9. The van der Waals surface area contributed by atoms with Gasteiger partial charge in [-0.2, -0.15) is 5.10 Å². The number of carboxylic acid groups (broad SMARTS) is 1. The quantitative estimate of drug-likeness (QED) is 0.783. The van der Waals surface area contributed by atoms with E-state index in [4.69, 9.17) is 10.8 Å². The first-order valence-electron chi connectivity index (χ1n) is 4.26. The van der Waals surface area contributed by atoms with Crippen LogP contribution in [0.2, 0.25) is 0 Å². The smallest absolute Gasteiger partial charge is 0.338 e. The van der Waals surface area contributed by atoms with Crippen LogP contribution in [0.1, 0.15) is 10.4 Å². The average Bonchev–Trinajstić information content (AvgIpc) is 2.56. The van der Waals surface area contributed by atoms with E-state index in [-0.39, 0.29) is 21.2 Å². The average molecular weight is 288 g/mol. The van der Waals surface area contributed by atoms with Gasteiger partial charge in [-0.25, -0.2) is 9.18 Å². The van der Waals surface area contributed by atoms with Gasteiger partial charge in [0.1, 0.15) is 5.52 Å². The van der Waals surface area contributed by atoms with Crippen molar-refractivity contribution < 1.29 is 14.3 Å². The molecule has 0 aliphatic carbocycles. The number of nitrogen functional groups attached to an aromatic ring is 1. The number of fused-ring (bicyclic) bond motifs is 1. The summed E-state index contributed by atoms with van der Waals surface area (Å²) in [6, 6.07) is 0. The van der Waals surface area contributed by atoms with Gasteiger partial charge >= 0.3 is 5.97 Å². The van der Waals surface area contributed by atoms with Gasteiger partial charge in [0.15, 0.2) is 5.82 Å². The van der Waals surface area contributed by atoms with Crippen LogP contribution >= 0.6 is 15.9 Å². The molecule has 7 heteroatoms. The van der Waals surface area contributed by atoms with E-state index in [1.165, 1.54) is 10.9 Å². The highest BCUT2D eigenvalue weighted by molar-refractivity contribution is 9.10. The Hall–Kier alpha value is -1.63. The largest absolute Gasteiger partial charge is 0.478 e. The molecule has 1 aromatic heterocycles. The molecular formula is C9H7BrFN3O2. The maximum Gasteiger partial charge on any atom is 0.338 e. The van der Waals surface area contributed by atoms with Crippen molar-refractivity contribution in [1.29, 1.82) is 0 Å². The molecule has 2 rings (SSSR count). The second-order valence-electron chi connectivity index (χ2n) is 3.29. The number of rotatable bonds is 1. The van der Waals surface area contributed by atoms with E-state index in [0.717, 1.165) is 0 Å². The van der Waals surface area contributed by atoms with Gasteiger partial charge in [0.2, 0.25) is 0 Å². The van der Waals surface area contributed by atoms with Gasteiger partial charge in [-0.3, -0.25) is 4.68 Å². The SMILES string of the molecule is Cn1cc2c(C(=O)O)c(N)c(F)c(Br)c2n1. The summed E-state index contributed by atoms with van der Waals surface area (Å²) in [6.45, 7) is 0. The second kappa shape index (κ2) is 3.44. The molecule has 0 saturated carbocycles. The minimum atomic E-state index is -1.28. The lowest BCUT2D eigenvalue weighted by Crippen LogP contribution is -2.06. The van der Waals surface area contributed by atoms with Gasteiger partial charge in [-0.15, -0.1) is 0 Å². The molecule has 84 valence electrons. The number of aromatic carboxylic acids is 1. The number of nitrogens with zero attached hydrogens (tertiary/aromatic N) is 2. The van der Waals surface area contributed by atoms with Crippen molar-refractivity contribution in [3.05, 3.63) is 22.1 Å². The first-order valence-corrected chi connectivity index (χ1v) is 5.06. The molecule has 0 saturated heterocycles. The monoisotopic (exact) mass is 287 g/mol. The maximum atomic E-state index is 13.6. The number of nitrogens with two attached hydrogens (primary N) is 1. The number of anilines is 1. The lowest BCUT2D eigenvalue weighted by atomic mass is 10.1. The van der Waals surface area contributed by atoms with Crippen molar-refractivity contribution in [3.63, 3.8) is 0 Å². The zero-order valence-corrected chi connectivity index (χ0v) is 9.75. The molecule has 0 aliphatic rings. The predicted octanol–water partition coefficient (Wildman–Crippen LogP) is 1.76. The molecule has 16 heavy (non-hydrogen) atoms. The summed E-state index contributed by atoms with van der Waals surface area (Å²) in [5, 5.41) is 13.3. The molecule has 2 aromatic rings. The second-order valence-corrected chi connectivity index (χ2v) is 4.08. The lowest BCUT2D eigenvalue weighted by molar-refractivity contribution is 0.0699. The van der Waals surface area contributed by atoms with Gasteiger partial charge < -0.3 is 10.8 Å². The highest BCUT2D eigenvalue weighted by Crippen LogP contribution is 2.33. The summed E-state index contributed by atoms with van der Waals surface area (Å²) in [5.74, 6) is -2.08. The van der Waals surface area contributed by atoms with Crippen LogP contribution in [-0.4, -0.2) is 20.9 Å². The van der Waals surface area contributed by atoms with Gasteiger partial charge in [-0.1, -0.05) is 0 Å². The standard InChI is InChI=1S/C9H7BrFN3O2/c1-14-2-3-4(9(15)16)7(12)6(11)5(10)8(3)13-14/h2H,12H2,1H3,(H,15,16). The Kier molecular flexibility index (Phi) is 2.34. The van der Waals surface area contributed by atoms with Crippen LogP contribution in [0.4, 0.5) is 10.1 Å². The van der Waals surface area contributed by atoms with Crippen LogP contribution < -0.4 is 5.73 Å². The van der Waals surface area contributed by atoms with Crippen molar-refractivity contribution in [1.82, 2.24) is 9.78 Å². The number of benzene rings is 1. The molecule has 0 atom stereocenters. The molecule has 5 nitrogen and oxygen atoms in total. The van der Waals surface area contributed by atoms with E-state index < -0.39 is 11.8 Å². The fourth-order valence-corrected chi connectivity index (χ4v) is 2.05. The molecule has 0 fully saturated rings.